The molecule has 0 radical (unpaired) electrons. The van der Waals surface area contributed by atoms with Crippen LogP contribution in [0, 0.1) is 5.82 Å². The molecule has 1 saturated carbocycles. The molecular formula is C13H14Cl2FNO. The molecule has 0 aliphatic heterocycles. The monoisotopic (exact) mass is 289 g/mol. The molecule has 0 unspecified atom stereocenters. The van der Waals surface area contributed by atoms with Crippen LogP contribution in [0.15, 0.2) is 18.2 Å². The maximum absolute atomic E-state index is 12.9. The number of nitrogens with one attached hydrogen (secondary N) is 1. The number of hydrogen-bond donors (Lipinski definition) is 1. The van der Waals surface area contributed by atoms with E-state index in [-0.39, 0.29) is 22.0 Å². The Balaban J connectivity index is 2.16. The molecule has 0 aromatic heterocycles. The number of benzene rings is 1. The van der Waals surface area contributed by atoms with E-state index in [1.807, 2.05) is 0 Å². The highest BCUT2D eigenvalue weighted by Crippen LogP contribution is 2.31. The van der Waals surface area contributed by atoms with Gasteiger partial charge in [-0.15, -0.1) is 11.6 Å². The number of rotatable bonds is 3. The van der Waals surface area contributed by atoms with E-state index in [4.69, 9.17) is 23.2 Å². The van der Waals surface area contributed by atoms with Crippen LogP contribution in [-0.4, -0.2) is 17.3 Å². The molecule has 0 bridgehead atoms. The van der Waals surface area contributed by atoms with Crippen molar-refractivity contribution in [3.05, 3.63) is 34.6 Å². The van der Waals surface area contributed by atoms with Gasteiger partial charge in [0.05, 0.1) is 16.1 Å². The van der Waals surface area contributed by atoms with Gasteiger partial charge in [-0.3, -0.25) is 4.79 Å². The van der Waals surface area contributed by atoms with Gasteiger partial charge in [-0.25, -0.2) is 4.39 Å². The van der Waals surface area contributed by atoms with Gasteiger partial charge < -0.3 is 5.32 Å². The SMILES string of the molecule is O=C(NC1(CCl)CCCC1)c1ccc(F)cc1Cl. The van der Waals surface area contributed by atoms with Crippen molar-refractivity contribution in [3.63, 3.8) is 0 Å². The summed E-state index contributed by atoms with van der Waals surface area (Å²) in [7, 11) is 0. The van der Waals surface area contributed by atoms with Crippen LogP contribution in [0.5, 0.6) is 0 Å². The second kappa shape index (κ2) is 5.45. The largest absolute Gasteiger partial charge is 0.345 e. The van der Waals surface area contributed by atoms with Crippen molar-refractivity contribution in [2.75, 3.05) is 5.88 Å². The number of hydrogen-bond acceptors (Lipinski definition) is 1. The van der Waals surface area contributed by atoms with E-state index in [2.05, 4.69) is 5.32 Å². The molecule has 0 spiro atoms. The minimum atomic E-state index is -0.454. The van der Waals surface area contributed by atoms with Gasteiger partial charge in [-0.05, 0) is 31.0 Å². The molecule has 98 valence electrons. The van der Waals surface area contributed by atoms with Crippen molar-refractivity contribution in [1.82, 2.24) is 5.32 Å². The summed E-state index contributed by atoms with van der Waals surface area (Å²) in [5.74, 6) is -0.357. The lowest BCUT2D eigenvalue weighted by Crippen LogP contribution is -2.47. The summed E-state index contributed by atoms with van der Waals surface area (Å²) in [6.45, 7) is 0. The number of alkyl halides is 1. The smallest absolute Gasteiger partial charge is 0.253 e. The molecule has 0 atom stereocenters. The Morgan fingerprint density at radius 3 is 2.61 bits per heavy atom. The van der Waals surface area contributed by atoms with Crippen LogP contribution in [0.4, 0.5) is 4.39 Å². The second-order valence-corrected chi connectivity index (χ2v) is 5.37. The summed E-state index contributed by atoms with van der Waals surface area (Å²) >= 11 is 11.8. The molecule has 1 amide bonds. The highest BCUT2D eigenvalue weighted by atomic mass is 35.5. The van der Waals surface area contributed by atoms with Gasteiger partial charge in [0.15, 0.2) is 0 Å². The van der Waals surface area contributed by atoms with Gasteiger partial charge in [-0.2, -0.15) is 0 Å². The van der Waals surface area contributed by atoms with Crippen LogP contribution < -0.4 is 5.32 Å². The molecule has 2 nitrogen and oxygen atoms in total. The van der Waals surface area contributed by atoms with E-state index in [0.29, 0.717) is 5.88 Å². The van der Waals surface area contributed by atoms with E-state index in [0.717, 1.165) is 31.7 Å². The highest BCUT2D eigenvalue weighted by Gasteiger charge is 2.34. The molecule has 18 heavy (non-hydrogen) atoms. The summed E-state index contributed by atoms with van der Waals surface area (Å²) in [5, 5.41) is 3.06. The normalized spacial score (nSPS) is 17.7. The highest BCUT2D eigenvalue weighted by molar-refractivity contribution is 6.33. The van der Waals surface area contributed by atoms with Crippen molar-refractivity contribution >= 4 is 29.1 Å². The molecule has 1 aromatic carbocycles. The van der Waals surface area contributed by atoms with E-state index < -0.39 is 5.82 Å². The van der Waals surface area contributed by atoms with Crippen LogP contribution in [-0.2, 0) is 0 Å². The Morgan fingerprint density at radius 1 is 1.39 bits per heavy atom. The maximum atomic E-state index is 12.9. The van der Waals surface area contributed by atoms with Crippen LogP contribution in [0.2, 0.25) is 5.02 Å². The van der Waals surface area contributed by atoms with E-state index >= 15 is 0 Å². The van der Waals surface area contributed by atoms with E-state index in [1.54, 1.807) is 0 Å². The zero-order valence-corrected chi connectivity index (χ0v) is 11.3. The van der Waals surface area contributed by atoms with Gasteiger partial charge >= 0.3 is 0 Å². The van der Waals surface area contributed by atoms with Crippen molar-refractivity contribution in [2.45, 2.75) is 31.2 Å². The van der Waals surface area contributed by atoms with Crippen LogP contribution >= 0.6 is 23.2 Å². The fraction of sp³-hybridized carbons (Fsp3) is 0.462. The lowest BCUT2D eigenvalue weighted by molar-refractivity contribution is 0.0909. The molecule has 1 N–H and O–H groups in total. The van der Waals surface area contributed by atoms with Gasteiger partial charge in [-0.1, -0.05) is 24.4 Å². The van der Waals surface area contributed by atoms with Crippen molar-refractivity contribution in [3.8, 4) is 0 Å². The Morgan fingerprint density at radius 2 is 2.06 bits per heavy atom. The molecule has 5 heteroatoms. The Labute approximate surface area is 115 Å². The zero-order chi connectivity index (χ0) is 13.2. The van der Waals surface area contributed by atoms with Gasteiger partial charge in [0.1, 0.15) is 5.82 Å². The van der Waals surface area contributed by atoms with Crippen molar-refractivity contribution in [1.29, 1.82) is 0 Å². The zero-order valence-electron chi connectivity index (χ0n) is 9.81. The van der Waals surface area contributed by atoms with Crippen LogP contribution in [0.3, 0.4) is 0 Å². The first-order chi connectivity index (χ1) is 8.56. The van der Waals surface area contributed by atoms with Gasteiger partial charge in [0, 0.05) is 5.88 Å². The third-order valence-corrected chi connectivity index (χ3v) is 4.20. The minimum Gasteiger partial charge on any atom is -0.345 e. The summed E-state index contributed by atoms with van der Waals surface area (Å²) in [4.78, 5) is 12.1. The Kier molecular flexibility index (Phi) is 4.13. The quantitative estimate of drug-likeness (QED) is 0.844. The first-order valence-corrected chi connectivity index (χ1v) is 6.81. The first kappa shape index (κ1) is 13.6. The minimum absolute atomic E-state index is 0.121. The van der Waals surface area contributed by atoms with Crippen molar-refractivity contribution < 1.29 is 9.18 Å². The fourth-order valence-electron chi connectivity index (χ4n) is 2.33. The number of carbonyl (C=O) groups excluding carboxylic acids is 1. The molecule has 1 aliphatic rings. The van der Waals surface area contributed by atoms with Gasteiger partial charge in [0.2, 0.25) is 0 Å². The lowest BCUT2D eigenvalue weighted by atomic mass is 9.99. The summed E-state index contributed by atoms with van der Waals surface area (Å²) in [6.07, 6.45) is 3.87. The Hall–Kier alpha value is -0.800. The second-order valence-electron chi connectivity index (χ2n) is 4.70. The number of halogens is 3. The van der Waals surface area contributed by atoms with Crippen LogP contribution in [0.1, 0.15) is 36.0 Å². The average molecular weight is 290 g/mol. The molecular weight excluding hydrogens is 276 g/mol. The topological polar surface area (TPSA) is 29.1 Å². The van der Waals surface area contributed by atoms with Crippen LogP contribution in [0.25, 0.3) is 0 Å². The predicted molar refractivity (Wildman–Crippen MR) is 70.8 cm³/mol. The standard InChI is InChI=1S/C13H14Cl2FNO/c14-8-13(5-1-2-6-13)17-12(18)10-4-3-9(16)7-11(10)15/h3-4,7H,1-2,5-6,8H2,(H,17,18). The maximum Gasteiger partial charge on any atom is 0.253 e. The molecule has 1 aliphatic carbocycles. The van der Waals surface area contributed by atoms with Gasteiger partial charge in [0.25, 0.3) is 5.91 Å². The van der Waals surface area contributed by atoms with Crippen molar-refractivity contribution in [2.24, 2.45) is 0 Å². The lowest BCUT2D eigenvalue weighted by Gasteiger charge is -2.28. The molecule has 1 fully saturated rings. The average Bonchev–Trinajstić information content (AvgIpc) is 2.78. The number of carbonyl (C=O) groups is 1. The third-order valence-electron chi connectivity index (χ3n) is 3.37. The summed E-state index contributed by atoms with van der Waals surface area (Å²) < 4.78 is 12.9. The van der Waals surface area contributed by atoms with E-state index in [1.165, 1.54) is 12.1 Å². The number of amides is 1. The molecule has 0 heterocycles. The van der Waals surface area contributed by atoms with E-state index in [9.17, 15) is 9.18 Å². The summed E-state index contributed by atoms with van der Waals surface area (Å²) in [6, 6.07) is 3.76. The summed E-state index contributed by atoms with van der Waals surface area (Å²) in [5.41, 5.74) is -0.0504. The third kappa shape index (κ3) is 2.78. The Bertz CT molecular complexity index is 458. The molecule has 2 rings (SSSR count). The predicted octanol–water partition coefficient (Wildman–Crippen LogP) is 3.76. The molecule has 0 saturated heterocycles. The molecule has 1 aromatic rings. The fourth-order valence-corrected chi connectivity index (χ4v) is 2.91. The first-order valence-electron chi connectivity index (χ1n) is 5.90.